The molecule has 0 fully saturated rings. The quantitative estimate of drug-likeness (QED) is 0.662. The predicted molar refractivity (Wildman–Crippen MR) is 43.0 cm³/mol. The molecule has 0 saturated carbocycles. The second-order valence-electron chi connectivity index (χ2n) is 2.38. The van der Waals surface area contributed by atoms with E-state index in [9.17, 15) is 13.2 Å². The number of carbonyl (C=O) groups is 1. The lowest BCUT2D eigenvalue weighted by Crippen LogP contribution is -2.01. The van der Waals surface area contributed by atoms with Gasteiger partial charge in [0, 0.05) is 12.3 Å². The number of aromatic nitrogens is 2. The molecule has 0 aliphatic rings. The molecule has 0 spiro atoms. The highest BCUT2D eigenvalue weighted by Gasteiger charge is 2.15. The van der Waals surface area contributed by atoms with Crippen molar-refractivity contribution in [1.82, 2.24) is 10.2 Å². The lowest BCUT2D eigenvalue weighted by molar-refractivity contribution is 0.0594. The average molecular weight is 204 g/mol. The van der Waals surface area contributed by atoms with E-state index in [0.29, 0.717) is 0 Å². The van der Waals surface area contributed by atoms with Crippen molar-refractivity contribution >= 4 is 15.8 Å². The summed E-state index contributed by atoms with van der Waals surface area (Å²) in [5.74, 6) is -0.651. The van der Waals surface area contributed by atoms with Crippen LogP contribution in [0.5, 0.6) is 0 Å². The van der Waals surface area contributed by atoms with Gasteiger partial charge in [-0.25, -0.2) is 13.2 Å². The molecule has 0 atom stereocenters. The third kappa shape index (κ3) is 2.05. The number of aromatic amines is 1. The summed E-state index contributed by atoms with van der Waals surface area (Å²) in [4.78, 5) is 10.9. The molecule has 0 aliphatic heterocycles. The highest BCUT2D eigenvalue weighted by molar-refractivity contribution is 7.90. The molecular formula is C6H8N2O4S. The molecule has 13 heavy (non-hydrogen) atoms. The monoisotopic (exact) mass is 204 g/mol. The number of H-pyrrole nitrogens is 1. The van der Waals surface area contributed by atoms with Crippen LogP contribution in [0, 0.1) is 0 Å². The van der Waals surface area contributed by atoms with E-state index in [4.69, 9.17) is 0 Å². The van der Waals surface area contributed by atoms with Crippen molar-refractivity contribution in [1.29, 1.82) is 0 Å². The maximum absolute atomic E-state index is 10.9. The fraction of sp³-hybridized carbons (Fsp3) is 0.333. The molecule has 0 unspecified atom stereocenters. The summed E-state index contributed by atoms with van der Waals surface area (Å²) < 4.78 is 26.2. The van der Waals surface area contributed by atoms with Crippen molar-refractivity contribution in [3.8, 4) is 0 Å². The predicted octanol–water partition coefficient (Wildman–Crippen LogP) is -0.400. The number of carbonyl (C=O) groups excluding carboxylic acids is 1. The zero-order valence-corrected chi connectivity index (χ0v) is 7.88. The zero-order valence-electron chi connectivity index (χ0n) is 7.07. The Kier molecular flexibility index (Phi) is 2.37. The minimum absolute atomic E-state index is 0.0166. The molecule has 0 saturated heterocycles. The Morgan fingerprint density at radius 2 is 2.23 bits per heavy atom. The van der Waals surface area contributed by atoms with Gasteiger partial charge in [0.2, 0.25) is 0 Å². The van der Waals surface area contributed by atoms with Crippen LogP contribution in [0.1, 0.15) is 10.5 Å². The van der Waals surface area contributed by atoms with Crippen molar-refractivity contribution < 1.29 is 17.9 Å². The molecule has 6 nitrogen and oxygen atoms in total. The van der Waals surface area contributed by atoms with Crippen LogP contribution >= 0.6 is 0 Å². The summed E-state index contributed by atoms with van der Waals surface area (Å²) in [5.41, 5.74) is 0.0166. The topological polar surface area (TPSA) is 89.1 Å². The van der Waals surface area contributed by atoms with Gasteiger partial charge in [0.15, 0.2) is 14.9 Å². The average Bonchev–Trinajstić information content (AvgIpc) is 2.50. The van der Waals surface area contributed by atoms with E-state index < -0.39 is 15.8 Å². The second-order valence-corrected chi connectivity index (χ2v) is 4.35. The van der Waals surface area contributed by atoms with Crippen LogP contribution in [-0.4, -0.2) is 38.0 Å². The molecule has 0 aliphatic carbocycles. The smallest absolute Gasteiger partial charge is 0.356 e. The van der Waals surface area contributed by atoms with Gasteiger partial charge in [-0.05, 0) is 0 Å². The molecule has 1 heterocycles. The highest BCUT2D eigenvalue weighted by atomic mass is 32.2. The first-order valence-electron chi connectivity index (χ1n) is 3.29. The van der Waals surface area contributed by atoms with Crippen LogP contribution in [0.4, 0.5) is 0 Å². The summed E-state index contributed by atoms with van der Waals surface area (Å²) in [6.45, 7) is 0. The number of hydrogen-bond donors (Lipinski definition) is 1. The van der Waals surface area contributed by atoms with Crippen molar-refractivity contribution in [2.75, 3.05) is 13.4 Å². The summed E-state index contributed by atoms with van der Waals surface area (Å²) in [6, 6.07) is 1.13. The number of rotatable bonds is 2. The lowest BCUT2D eigenvalue weighted by Gasteiger charge is -1.90. The third-order valence-electron chi connectivity index (χ3n) is 1.34. The van der Waals surface area contributed by atoms with E-state index in [-0.39, 0.29) is 10.7 Å². The van der Waals surface area contributed by atoms with Crippen molar-refractivity contribution in [3.05, 3.63) is 11.8 Å². The summed E-state index contributed by atoms with van der Waals surface area (Å²) >= 11 is 0. The first-order chi connectivity index (χ1) is 5.95. The van der Waals surface area contributed by atoms with Gasteiger partial charge in [-0.2, -0.15) is 5.10 Å². The zero-order chi connectivity index (χ0) is 10.1. The van der Waals surface area contributed by atoms with E-state index in [1.165, 1.54) is 7.11 Å². The molecule has 1 N–H and O–H groups in total. The SMILES string of the molecule is COC(=O)c1cc(S(C)(=O)=O)n[nH]1. The number of hydrogen-bond acceptors (Lipinski definition) is 5. The van der Waals surface area contributed by atoms with E-state index in [1.54, 1.807) is 0 Å². The summed E-state index contributed by atoms with van der Waals surface area (Å²) in [5, 5.41) is 5.53. The van der Waals surface area contributed by atoms with E-state index in [0.717, 1.165) is 12.3 Å². The lowest BCUT2D eigenvalue weighted by atomic mass is 10.4. The third-order valence-corrected chi connectivity index (χ3v) is 2.31. The van der Waals surface area contributed by atoms with Gasteiger partial charge >= 0.3 is 5.97 Å². The highest BCUT2D eigenvalue weighted by Crippen LogP contribution is 2.06. The summed E-state index contributed by atoms with van der Waals surface area (Å²) in [7, 11) is -2.18. The minimum Gasteiger partial charge on any atom is -0.464 e. The van der Waals surface area contributed by atoms with Crippen LogP contribution in [0.2, 0.25) is 0 Å². The molecule has 1 aromatic rings. The molecule has 7 heteroatoms. The van der Waals surface area contributed by atoms with Crippen LogP contribution in [0.15, 0.2) is 11.1 Å². The van der Waals surface area contributed by atoms with Gasteiger partial charge in [0.1, 0.15) is 5.69 Å². The maximum Gasteiger partial charge on any atom is 0.356 e. The molecular weight excluding hydrogens is 196 g/mol. The largest absolute Gasteiger partial charge is 0.464 e. The van der Waals surface area contributed by atoms with Gasteiger partial charge < -0.3 is 4.74 Å². The number of sulfone groups is 1. The molecule has 1 rings (SSSR count). The van der Waals surface area contributed by atoms with Crippen LogP contribution in [0.25, 0.3) is 0 Å². The van der Waals surface area contributed by atoms with Gasteiger partial charge in [0.25, 0.3) is 0 Å². The van der Waals surface area contributed by atoms with Crippen molar-refractivity contribution in [2.45, 2.75) is 5.03 Å². The number of esters is 1. The number of ether oxygens (including phenoxy) is 1. The number of nitrogens with one attached hydrogen (secondary N) is 1. The Balaban J connectivity index is 3.07. The Hall–Kier alpha value is -1.37. The number of methoxy groups -OCH3 is 1. The standard InChI is InChI=1S/C6H8N2O4S/c1-12-6(9)4-3-5(8-7-4)13(2,10)11/h3H,1-2H3,(H,7,8). The normalized spacial score (nSPS) is 11.2. The molecule has 0 aromatic carbocycles. The molecule has 0 amide bonds. The summed E-state index contributed by atoms with van der Waals surface area (Å²) in [6.07, 6.45) is 1.00. The van der Waals surface area contributed by atoms with Crippen molar-refractivity contribution in [3.63, 3.8) is 0 Å². The second kappa shape index (κ2) is 3.17. The fourth-order valence-corrected chi connectivity index (χ4v) is 1.25. The Labute approximate surface area is 74.8 Å². The van der Waals surface area contributed by atoms with E-state index in [1.807, 2.05) is 0 Å². The minimum atomic E-state index is -3.37. The molecule has 72 valence electrons. The fourth-order valence-electron chi connectivity index (χ4n) is 0.708. The molecule has 1 aromatic heterocycles. The number of nitrogens with zero attached hydrogens (tertiary/aromatic N) is 1. The molecule has 0 bridgehead atoms. The van der Waals surface area contributed by atoms with Gasteiger partial charge in [-0.1, -0.05) is 0 Å². The molecule has 0 radical (unpaired) electrons. The van der Waals surface area contributed by atoms with Gasteiger partial charge in [0.05, 0.1) is 7.11 Å². The van der Waals surface area contributed by atoms with E-state index >= 15 is 0 Å². The Bertz CT molecular complexity index is 420. The Morgan fingerprint density at radius 1 is 1.62 bits per heavy atom. The van der Waals surface area contributed by atoms with Gasteiger partial charge in [-0.3, -0.25) is 5.10 Å². The van der Waals surface area contributed by atoms with E-state index in [2.05, 4.69) is 14.9 Å². The first-order valence-corrected chi connectivity index (χ1v) is 5.18. The van der Waals surface area contributed by atoms with Crippen LogP contribution in [0.3, 0.4) is 0 Å². The van der Waals surface area contributed by atoms with Crippen LogP contribution in [-0.2, 0) is 14.6 Å². The van der Waals surface area contributed by atoms with Crippen LogP contribution < -0.4 is 0 Å². The Morgan fingerprint density at radius 3 is 2.62 bits per heavy atom. The first kappa shape index (κ1) is 9.72. The van der Waals surface area contributed by atoms with Crippen molar-refractivity contribution in [2.24, 2.45) is 0 Å². The van der Waals surface area contributed by atoms with Gasteiger partial charge in [-0.15, -0.1) is 0 Å². The maximum atomic E-state index is 10.9.